The van der Waals surface area contributed by atoms with Gasteiger partial charge in [0.1, 0.15) is 0 Å². The van der Waals surface area contributed by atoms with Crippen molar-refractivity contribution in [2.45, 2.75) is 0 Å². The van der Waals surface area contributed by atoms with E-state index >= 15 is 0 Å². The minimum atomic E-state index is -1.46. The van der Waals surface area contributed by atoms with Crippen LogP contribution in [0.25, 0.3) is 10.9 Å². The van der Waals surface area contributed by atoms with Gasteiger partial charge < -0.3 is 14.9 Å². The van der Waals surface area contributed by atoms with Crippen LogP contribution in [0.2, 0.25) is 0 Å². The van der Waals surface area contributed by atoms with Crippen molar-refractivity contribution in [1.29, 1.82) is 0 Å². The second-order valence-corrected chi connectivity index (χ2v) is 2.89. The Hall–Kier alpha value is -0.464. The Morgan fingerprint density at radius 3 is 2.60 bits per heavy atom. The summed E-state index contributed by atoms with van der Waals surface area (Å²) >= 11 is 0. The predicted octanol–water partition coefficient (Wildman–Crippen LogP) is -3.10. The van der Waals surface area contributed by atoms with Crippen LogP contribution in [-0.4, -0.2) is 11.0 Å². The van der Waals surface area contributed by atoms with Gasteiger partial charge in [-0.15, -0.1) is 0 Å². The predicted molar refractivity (Wildman–Crippen MR) is 48.9 cm³/mol. The molecule has 1 aromatic carbocycles. The van der Waals surface area contributed by atoms with Crippen molar-refractivity contribution in [3.05, 3.63) is 46.2 Å². The van der Waals surface area contributed by atoms with Gasteiger partial charge in [-0.25, -0.2) is 0 Å². The van der Waals surface area contributed by atoms with Crippen LogP contribution >= 0.6 is 0 Å². The molecular weight excluding hydrogens is 221 g/mol. The summed E-state index contributed by atoms with van der Waals surface area (Å²) in [5.74, 6) is -1.46. The molecule has 0 aliphatic heterocycles. The Morgan fingerprint density at radius 1 is 1.27 bits per heavy atom. The molecule has 2 rings (SSSR count). The van der Waals surface area contributed by atoms with Gasteiger partial charge in [-0.05, 0) is 17.5 Å². The Morgan fingerprint density at radius 2 is 1.93 bits per heavy atom. The molecule has 2 aromatic rings. The van der Waals surface area contributed by atoms with Crippen molar-refractivity contribution in [1.82, 2.24) is 4.98 Å². The second-order valence-electron chi connectivity index (χ2n) is 2.89. The number of para-hydroxylation sites is 1. The number of aromatic carboxylic acids is 1. The molecule has 5 heteroatoms. The molecule has 4 nitrogen and oxygen atoms in total. The van der Waals surface area contributed by atoms with E-state index in [1.165, 1.54) is 6.07 Å². The van der Waals surface area contributed by atoms with Crippen LogP contribution in [-0.2, 0) is 0 Å². The molecule has 0 bridgehead atoms. The number of rotatable bonds is 1. The fourth-order valence-corrected chi connectivity index (χ4v) is 1.30. The molecule has 0 radical (unpaired) electrons. The summed E-state index contributed by atoms with van der Waals surface area (Å²) in [6.07, 6.45) is 0. The summed E-state index contributed by atoms with van der Waals surface area (Å²) in [4.78, 5) is 24.2. The van der Waals surface area contributed by atoms with E-state index in [1.807, 2.05) is 0 Å². The summed E-state index contributed by atoms with van der Waals surface area (Å²) in [7, 11) is 0. The Bertz CT molecular complexity index is 562. The number of aromatic amines is 1. The van der Waals surface area contributed by atoms with Crippen LogP contribution < -0.4 is 62.1 Å². The topological polar surface area (TPSA) is 73.0 Å². The van der Waals surface area contributed by atoms with Crippen molar-refractivity contribution in [2.24, 2.45) is 0 Å². The SMILES string of the molecule is O=C([O-])c1cc2ccccc2[nH]c1=O.[K+]. The summed E-state index contributed by atoms with van der Waals surface area (Å²) < 4.78 is 0. The van der Waals surface area contributed by atoms with Gasteiger partial charge in [0.15, 0.2) is 0 Å². The maximum absolute atomic E-state index is 11.2. The number of fused-ring (bicyclic) bond motifs is 1. The molecule has 0 aliphatic carbocycles. The molecule has 0 atom stereocenters. The third kappa shape index (κ3) is 2.56. The Labute approximate surface area is 128 Å². The third-order valence-corrected chi connectivity index (χ3v) is 1.97. The number of aromatic nitrogens is 1. The zero-order valence-corrected chi connectivity index (χ0v) is 11.2. The van der Waals surface area contributed by atoms with Crippen molar-refractivity contribution in [3.63, 3.8) is 0 Å². The monoisotopic (exact) mass is 227 g/mol. The fourth-order valence-electron chi connectivity index (χ4n) is 1.30. The van der Waals surface area contributed by atoms with Gasteiger partial charge in [0, 0.05) is 5.52 Å². The number of nitrogens with one attached hydrogen (secondary N) is 1. The van der Waals surface area contributed by atoms with Crippen LogP contribution in [0.5, 0.6) is 0 Å². The summed E-state index contributed by atoms with van der Waals surface area (Å²) in [5.41, 5.74) is -0.366. The van der Waals surface area contributed by atoms with E-state index in [0.717, 1.165) is 0 Å². The van der Waals surface area contributed by atoms with E-state index < -0.39 is 11.5 Å². The molecule has 0 aliphatic rings. The number of carboxylic acid groups (broad SMARTS) is 1. The quantitative estimate of drug-likeness (QED) is 0.524. The third-order valence-electron chi connectivity index (χ3n) is 1.97. The smallest absolute Gasteiger partial charge is 0.545 e. The standard InChI is InChI=1S/C10H7NO3.K/c12-9-7(10(13)14)5-6-3-1-2-4-8(6)11-9;/h1-5H,(H,11,12)(H,13,14);/q;+1/p-1. The molecular formula is C10H6KNO3. The van der Waals surface area contributed by atoms with Crippen molar-refractivity contribution in [3.8, 4) is 0 Å². The van der Waals surface area contributed by atoms with E-state index in [2.05, 4.69) is 4.98 Å². The molecule has 1 heterocycles. The van der Waals surface area contributed by atoms with E-state index in [0.29, 0.717) is 10.9 Å². The van der Waals surface area contributed by atoms with Gasteiger partial charge in [-0.1, -0.05) is 18.2 Å². The summed E-state index contributed by atoms with van der Waals surface area (Å²) in [6.45, 7) is 0. The first-order valence-corrected chi connectivity index (χ1v) is 4.02. The van der Waals surface area contributed by atoms with Gasteiger partial charge >= 0.3 is 51.4 Å². The van der Waals surface area contributed by atoms with E-state index in [9.17, 15) is 14.7 Å². The Kier molecular flexibility index (Phi) is 4.24. The number of carbonyl (C=O) groups excluding carboxylic acids is 1. The minimum Gasteiger partial charge on any atom is -0.545 e. The molecule has 0 spiro atoms. The van der Waals surface area contributed by atoms with Gasteiger partial charge in [0.2, 0.25) is 0 Å². The van der Waals surface area contributed by atoms with Crippen LogP contribution in [0, 0.1) is 0 Å². The first kappa shape index (κ1) is 12.6. The van der Waals surface area contributed by atoms with Gasteiger partial charge in [0.25, 0.3) is 5.56 Å². The molecule has 70 valence electrons. The maximum Gasteiger partial charge on any atom is 1.00 e. The average molecular weight is 227 g/mol. The van der Waals surface area contributed by atoms with Crippen LogP contribution in [0.4, 0.5) is 0 Å². The maximum atomic E-state index is 11.2. The molecule has 0 amide bonds. The van der Waals surface area contributed by atoms with E-state index in [4.69, 9.17) is 0 Å². The van der Waals surface area contributed by atoms with Crippen molar-refractivity contribution >= 4 is 16.9 Å². The van der Waals surface area contributed by atoms with E-state index in [-0.39, 0.29) is 56.9 Å². The first-order valence-electron chi connectivity index (χ1n) is 4.02. The van der Waals surface area contributed by atoms with Crippen molar-refractivity contribution < 1.29 is 61.3 Å². The molecule has 0 saturated heterocycles. The normalized spacial score (nSPS) is 9.60. The number of hydrogen-bond donors (Lipinski definition) is 1. The zero-order chi connectivity index (χ0) is 10.1. The Balaban J connectivity index is 0.00000112. The molecule has 1 aromatic heterocycles. The van der Waals surface area contributed by atoms with Crippen molar-refractivity contribution in [2.75, 3.05) is 0 Å². The minimum absolute atomic E-state index is 0. The number of carbonyl (C=O) groups is 1. The molecule has 0 fully saturated rings. The number of H-pyrrole nitrogens is 1. The number of benzene rings is 1. The van der Waals surface area contributed by atoms with Gasteiger partial charge in [-0.2, -0.15) is 0 Å². The van der Waals surface area contributed by atoms with E-state index in [1.54, 1.807) is 24.3 Å². The largest absolute Gasteiger partial charge is 1.00 e. The molecule has 0 saturated carbocycles. The average Bonchev–Trinajstić information content (AvgIpc) is 2.16. The van der Waals surface area contributed by atoms with Gasteiger partial charge in [-0.3, -0.25) is 4.79 Å². The number of pyridine rings is 1. The second kappa shape index (κ2) is 5.04. The van der Waals surface area contributed by atoms with Crippen LogP contribution in [0.1, 0.15) is 10.4 Å². The molecule has 1 N–H and O–H groups in total. The van der Waals surface area contributed by atoms with Gasteiger partial charge in [0.05, 0.1) is 11.5 Å². The molecule has 0 unspecified atom stereocenters. The molecule has 15 heavy (non-hydrogen) atoms. The summed E-state index contributed by atoms with van der Waals surface area (Å²) in [6, 6.07) is 8.26. The fraction of sp³-hybridized carbons (Fsp3) is 0. The number of hydrogen-bond acceptors (Lipinski definition) is 3. The first-order chi connectivity index (χ1) is 6.68. The summed E-state index contributed by atoms with van der Waals surface area (Å²) in [5, 5.41) is 11.2. The van der Waals surface area contributed by atoms with Crippen LogP contribution in [0.3, 0.4) is 0 Å². The zero-order valence-electron chi connectivity index (χ0n) is 8.11. The number of carboxylic acids is 1. The van der Waals surface area contributed by atoms with Crippen LogP contribution in [0.15, 0.2) is 35.1 Å².